The molecule has 2 unspecified atom stereocenters. The van der Waals surface area contributed by atoms with Crippen LogP contribution < -0.4 is 5.73 Å². The Labute approximate surface area is 64.0 Å². The molecule has 0 amide bonds. The zero-order chi connectivity index (χ0) is 7.56. The number of hydrogen-bond acceptors (Lipinski definition) is 1. The predicted octanol–water partition coefficient (Wildman–Crippen LogP) is 2.16. The minimum atomic E-state index is 0.419. The summed E-state index contributed by atoms with van der Waals surface area (Å²) in [7, 11) is 0. The van der Waals surface area contributed by atoms with Crippen molar-refractivity contribution in [2.24, 2.45) is 17.6 Å². The van der Waals surface area contributed by atoms with Gasteiger partial charge in [-0.25, -0.2) is 0 Å². The Kier molecular flexibility index (Phi) is 2.72. The minimum absolute atomic E-state index is 0.419. The molecule has 60 valence electrons. The van der Waals surface area contributed by atoms with Gasteiger partial charge in [-0.2, -0.15) is 0 Å². The third kappa shape index (κ3) is 1.98. The summed E-state index contributed by atoms with van der Waals surface area (Å²) in [5.41, 5.74) is 5.83. The zero-order valence-corrected chi connectivity index (χ0v) is 7.14. The summed E-state index contributed by atoms with van der Waals surface area (Å²) < 4.78 is 0. The molecule has 1 aliphatic carbocycles. The summed E-state index contributed by atoms with van der Waals surface area (Å²) in [6, 6.07) is 0.419. The van der Waals surface area contributed by atoms with E-state index in [1.807, 2.05) is 0 Å². The van der Waals surface area contributed by atoms with Crippen LogP contribution in [0.5, 0.6) is 0 Å². The van der Waals surface area contributed by atoms with Crippen molar-refractivity contribution in [3.05, 3.63) is 0 Å². The fourth-order valence-corrected chi connectivity index (χ4v) is 1.96. The second-order valence-electron chi connectivity index (χ2n) is 3.89. The molecule has 1 fully saturated rings. The van der Waals surface area contributed by atoms with Crippen LogP contribution in [0.1, 0.15) is 39.5 Å². The first-order chi connectivity index (χ1) is 4.70. The van der Waals surface area contributed by atoms with Crippen molar-refractivity contribution in [1.82, 2.24) is 0 Å². The third-order valence-electron chi connectivity index (χ3n) is 2.72. The van der Waals surface area contributed by atoms with Crippen molar-refractivity contribution in [2.75, 3.05) is 0 Å². The van der Waals surface area contributed by atoms with E-state index in [0.29, 0.717) is 6.04 Å². The first kappa shape index (κ1) is 8.06. The molecular weight excluding hydrogens is 122 g/mol. The molecule has 1 saturated carbocycles. The summed E-state index contributed by atoms with van der Waals surface area (Å²) in [6.45, 7) is 4.48. The van der Waals surface area contributed by atoms with Gasteiger partial charge in [0.05, 0.1) is 0 Å². The van der Waals surface area contributed by atoms with Gasteiger partial charge in [-0.1, -0.05) is 19.8 Å². The highest BCUT2D eigenvalue weighted by Crippen LogP contribution is 2.29. The topological polar surface area (TPSA) is 26.0 Å². The van der Waals surface area contributed by atoms with Crippen molar-refractivity contribution in [2.45, 2.75) is 45.6 Å². The molecule has 1 nitrogen and oxygen atoms in total. The fourth-order valence-electron chi connectivity index (χ4n) is 1.96. The van der Waals surface area contributed by atoms with E-state index in [-0.39, 0.29) is 0 Å². The molecule has 0 spiro atoms. The van der Waals surface area contributed by atoms with Crippen molar-refractivity contribution < 1.29 is 0 Å². The van der Waals surface area contributed by atoms with Crippen molar-refractivity contribution in [3.63, 3.8) is 0 Å². The molecule has 2 N–H and O–H groups in total. The Balaban J connectivity index is 2.32. The first-order valence-corrected chi connectivity index (χ1v) is 4.45. The van der Waals surface area contributed by atoms with Gasteiger partial charge in [0.2, 0.25) is 0 Å². The standard InChI is InChI=1S/C9H19N/c1-7-4-3-5-9(6-7)8(2)10/h7-9H,3-6,10H2,1-2H3/t7?,8-,9?/m0/s1. The fraction of sp³-hybridized carbons (Fsp3) is 1.00. The van der Waals surface area contributed by atoms with E-state index >= 15 is 0 Å². The Morgan fingerprint density at radius 3 is 2.50 bits per heavy atom. The van der Waals surface area contributed by atoms with Crippen LogP contribution >= 0.6 is 0 Å². The Morgan fingerprint density at radius 2 is 2.10 bits per heavy atom. The van der Waals surface area contributed by atoms with E-state index in [1.54, 1.807) is 0 Å². The highest BCUT2D eigenvalue weighted by atomic mass is 14.6. The monoisotopic (exact) mass is 141 g/mol. The van der Waals surface area contributed by atoms with Gasteiger partial charge in [0.25, 0.3) is 0 Å². The molecule has 0 bridgehead atoms. The molecule has 0 heterocycles. The molecule has 0 aromatic rings. The highest BCUT2D eigenvalue weighted by Gasteiger charge is 2.21. The van der Waals surface area contributed by atoms with E-state index in [9.17, 15) is 0 Å². The lowest BCUT2D eigenvalue weighted by molar-refractivity contribution is 0.254. The van der Waals surface area contributed by atoms with Crippen molar-refractivity contribution in [1.29, 1.82) is 0 Å². The van der Waals surface area contributed by atoms with E-state index in [1.165, 1.54) is 25.7 Å². The quantitative estimate of drug-likeness (QED) is 0.595. The Morgan fingerprint density at radius 1 is 1.40 bits per heavy atom. The van der Waals surface area contributed by atoms with Crippen molar-refractivity contribution >= 4 is 0 Å². The van der Waals surface area contributed by atoms with E-state index in [0.717, 1.165) is 11.8 Å². The van der Waals surface area contributed by atoms with Gasteiger partial charge in [-0.3, -0.25) is 0 Å². The summed E-state index contributed by atoms with van der Waals surface area (Å²) in [4.78, 5) is 0. The van der Waals surface area contributed by atoms with Gasteiger partial charge in [-0.15, -0.1) is 0 Å². The molecule has 0 aromatic carbocycles. The van der Waals surface area contributed by atoms with Gasteiger partial charge in [0.1, 0.15) is 0 Å². The summed E-state index contributed by atoms with van der Waals surface area (Å²) in [6.07, 6.45) is 5.54. The molecule has 0 radical (unpaired) electrons. The summed E-state index contributed by atoms with van der Waals surface area (Å²) in [5, 5.41) is 0. The molecule has 0 saturated heterocycles. The number of hydrogen-bond donors (Lipinski definition) is 1. The summed E-state index contributed by atoms with van der Waals surface area (Å²) in [5.74, 6) is 1.73. The zero-order valence-electron chi connectivity index (χ0n) is 7.14. The highest BCUT2D eigenvalue weighted by molar-refractivity contribution is 4.75. The maximum absolute atomic E-state index is 5.83. The lowest BCUT2D eigenvalue weighted by atomic mass is 9.79. The van der Waals surface area contributed by atoms with E-state index < -0.39 is 0 Å². The normalized spacial score (nSPS) is 37.5. The first-order valence-electron chi connectivity index (χ1n) is 4.45. The van der Waals surface area contributed by atoms with Crippen LogP contribution in [-0.4, -0.2) is 6.04 Å². The van der Waals surface area contributed by atoms with Crippen LogP contribution in [0.4, 0.5) is 0 Å². The van der Waals surface area contributed by atoms with Crippen molar-refractivity contribution in [3.8, 4) is 0 Å². The van der Waals surface area contributed by atoms with Crippen LogP contribution in [0.2, 0.25) is 0 Å². The molecule has 1 rings (SSSR count). The lowest BCUT2D eigenvalue weighted by Gasteiger charge is -2.29. The molecule has 10 heavy (non-hydrogen) atoms. The maximum atomic E-state index is 5.83. The van der Waals surface area contributed by atoms with Crippen LogP contribution in [0.25, 0.3) is 0 Å². The molecule has 1 aliphatic rings. The molecule has 0 aliphatic heterocycles. The number of rotatable bonds is 1. The predicted molar refractivity (Wildman–Crippen MR) is 44.8 cm³/mol. The van der Waals surface area contributed by atoms with E-state index in [2.05, 4.69) is 13.8 Å². The third-order valence-corrected chi connectivity index (χ3v) is 2.72. The van der Waals surface area contributed by atoms with Gasteiger partial charge in [0, 0.05) is 6.04 Å². The van der Waals surface area contributed by atoms with Gasteiger partial charge in [-0.05, 0) is 31.6 Å². The van der Waals surface area contributed by atoms with Crippen LogP contribution in [0, 0.1) is 11.8 Å². The Hall–Kier alpha value is -0.0400. The maximum Gasteiger partial charge on any atom is 0.00388 e. The second kappa shape index (κ2) is 3.38. The lowest BCUT2D eigenvalue weighted by Crippen LogP contribution is -2.30. The SMILES string of the molecule is CC1CCCC([C@H](C)N)C1. The smallest absolute Gasteiger partial charge is 0.00388 e. The van der Waals surface area contributed by atoms with Crippen LogP contribution in [-0.2, 0) is 0 Å². The van der Waals surface area contributed by atoms with Crippen LogP contribution in [0.3, 0.4) is 0 Å². The summed E-state index contributed by atoms with van der Waals surface area (Å²) >= 11 is 0. The molecular formula is C9H19N. The van der Waals surface area contributed by atoms with Gasteiger partial charge >= 0.3 is 0 Å². The van der Waals surface area contributed by atoms with Gasteiger partial charge in [0.15, 0.2) is 0 Å². The second-order valence-corrected chi connectivity index (χ2v) is 3.89. The molecule has 3 atom stereocenters. The Bertz CT molecular complexity index is 98.9. The molecule has 0 aromatic heterocycles. The average Bonchev–Trinajstić information content (AvgIpc) is 1.88. The number of nitrogens with two attached hydrogens (primary N) is 1. The largest absolute Gasteiger partial charge is 0.328 e. The van der Waals surface area contributed by atoms with Crippen LogP contribution in [0.15, 0.2) is 0 Å². The minimum Gasteiger partial charge on any atom is -0.328 e. The van der Waals surface area contributed by atoms with E-state index in [4.69, 9.17) is 5.73 Å². The molecule has 1 heteroatoms. The van der Waals surface area contributed by atoms with Gasteiger partial charge < -0.3 is 5.73 Å². The average molecular weight is 141 g/mol.